The first kappa shape index (κ1) is 27.4. The van der Waals surface area contributed by atoms with E-state index in [0.29, 0.717) is 64.0 Å². The Hall–Kier alpha value is -4.22. The standard InChI is InChI=1S/C29H29N3O7S/c1-18-25(28(35)37-3)26(20-7-5-4-6-8-20)32-27(34)23(40-29(32)30-18)16-19-9-10-21(22(15-19)36-2)39-17-24(33)31-11-13-38-14-12-31/h4-10,15-16,26H,11-14,17H2,1-3H3. The van der Waals surface area contributed by atoms with Gasteiger partial charge in [0.05, 0.1) is 49.3 Å². The van der Waals surface area contributed by atoms with Gasteiger partial charge in [0.15, 0.2) is 22.9 Å². The van der Waals surface area contributed by atoms with E-state index >= 15 is 0 Å². The second-order valence-electron chi connectivity index (χ2n) is 9.18. The van der Waals surface area contributed by atoms with Crippen molar-refractivity contribution in [3.8, 4) is 11.5 Å². The molecule has 208 valence electrons. The number of morpholine rings is 1. The molecule has 0 bridgehead atoms. The Labute approximate surface area is 234 Å². The van der Waals surface area contributed by atoms with Crippen molar-refractivity contribution in [2.45, 2.75) is 13.0 Å². The van der Waals surface area contributed by atoms with Crippen LogP contribution in [0.2, 0.25) is 0 Å². The van der Waals surface area contributed by atoms with Crippen LogP contribution in [0.4, 0.5) is 0 Å². The van der Waals surface area contributed by atoms with Crippen molar-refractivity contribution >= 4 is 29.3 Å². The van der Waals surface area contributed by atoms with Crippen LogP contribution in [0, 0.1) is 0 Å². The Kier molecular flexibility index (Phi) is 8.13. The Balaban J connectivity index is 1.48. The average Bonchev–Trinajstić information content (AvgIpc) is 3.29. The Morgan fingerprint density at radius 1 is 1.10 bits per heavy atom. The number of aromatic nitrogens is 1. The van der Waals surface area contributed by atoms with E-state index in [2.05, 4.69) is 4.99 Å². The summed E-state index contributed by atoms with van der Waals surface area (Å²) in [5, 5.41) is 0. The lowest BCUT2D eigenvalue weighted by Gasteiger charge is -2.26. The summed E-state index contributed by atoms with van der Waals surface area (Å²) >= 11 is 1.24. The molecular weight excluding hydrogens is 534 g/mol. The van der Waals surface area contributed by atoms with Gasteiger partial charge in [-0.3, -0.25) is 14.2 Å². The highest BCUT2D eigenvalue weighted by Gasteiger charge is 2.33. The van der Waals surface area contributed by atoms with Gasteiger partial charge in [-0.1, -0.05) is 47.7 Å². The molecule has 2 aliphatic heterocycles. The molecule has 2 aliphatic rings. The molecule has 0 N–H and O–H groups in total. The van der Waals surface area contributed by atoms with Crippen molar-refractivity contribution in [2.75, 3.05) is 47.1 Å². The van der Waals surface area contributed by atoms with Crippen LogP contribution in [0.15, 0.2) is 69.6 Å². The molecule has 0 aliphatic carbocycles. The Bertz CT molecular complexity index is 1640. The number of hydrogen-bond donors (Lipinski definition) is 0. The Morgan fingerprint density at radius 3 is 2.55 bits per heavy atom. The molecule has 5 rings (SSSR count). The zero-order valence-corrected chi connectivity index (χ0v) is 23.2. The van der Waals surface area contributed by atoms with Gasteiger partial charge in [0, 0.05) is 13.1 Å². The van der Waals surface area contributed by atoms with Crippen molar-refractivity contribution in [3.63, 3.8) is 0 Å². The summed E-state index contributed by atoms with van der Waals surface area (Å²) in [6.07, 6.45) is 1.74. The van der Waals surface area contributed by atoms with E-state index < -0.39 is 12.0 Å². The van der Waals surface area contributed by atoms with Crippen LogP contribution in [-0.2, 0) is 19.1 Å². The summed E-state index contributed by atoms with van der Waals surface area (Å²) in [5.41, 5.74) is 2.03. The minimum Gasteiger partial charge on any atom is -0.493 e. The minimum absolute atomic E-state index is 0.115. The summed E-state index contributed by atoms with van der Waals surface area (Å²) in [6, 6.07) is 13.9. The van der Waals surface area contributed by atoms with Gasteiger partial charge in [-0.05, 0) is 36.3 Å². The number of hydrogen-bond acceptors (Lipinski definition) is 9. The molecule has 10 nitrogen and oxygen atoms in total. The molecule has 0 saturated carbocycles. The molecule has 2 aromatic carbocycles. The number of carbonyl (C=O) groups excluding carboxylic acids is 2. The smallest absolute Gasteiger partial charge is 0.338 e. The van der Waals surface area contributed by atoms with Crippen molar-refractivity contribution in [2.24, 2.45) is 4.99 Å². The molecule has 1 fully saturated rings. The maximum Gasteiger partial charge on any atom is 0.338 e. The molecule has 1 aromatic heterocycles. The van der Waals surface area contributed by atoms with Crippen molar-refractivity contribution in [1.29, 1.82) is 0 Å². The first-order chi connectivity index (χ1) is 19.4. The monoisotopic (exact) mass is 563 g/mol. The van der Waals surface area contributed by atoms with E-state index in [-0.39, 0.29) is 18.1 Å². The van der Waals surface area contributed by atoms with Crippen LogP contribution in [-0.4, -0.2) is 68.5 Å². The first-order valence-corrected chi connectivity index (χ1v) is 13.5. The molecule has 3 heterocycles. The number of carbonyl (C=O) groups is 2. The number of esters is 1. The van der Waals surface area contributed by atoms with Gasteiger partial charge in [-0.2, -0.15) is 0 Å². The lowest BCUT2D eigenvalue weighted by atomic mass is 9.96. The highest BCUT2D eigenvalue weighted by atomic mass is 32.1. The molecule has 3 aromatic rings. The van der Waals surface area contributed by atoms with Gasteiger partial charge in [0.2, 0.25) is 0 Å². The number of amides is 1. The summed E-state index contributed by atoms with van der Waals surface area (Å²) in [6.45, 7) is 3.75. The topological polar surface area (TPSA) is 109 Å². The third-order valence-electron chi connectivity index (χ3n) is 6.74. The van der Waals surface area contributed by atoms with Crippen LogP contribution < -0.4 is 24.4 Å². The zero-order chi connectivity index (χ0) is 28.2. The SMILES string of the molecule is COC(=O)C1=C(C)N=c2sc(=Cc3ccc(OCC(=O)N4CCOCC4)c(OC)c3)c(=O)n2C1c1ccccc1. The summed E-state index contributed by atoms with van der Waals surface area (Å²) in [4.78, 5) is 45.7. The molecule has 1 unspecified atom stereocenters. The average molecular weight is 564 g/mol. The first-order valence-electron chi connectivity index (χ1n) is 12.7. The number of ether oxygens (including phenoxy) is 4. The summed E-state index contributed by atoms with van der Waals surface area (Å²) in [7, 11) is 2.83. The molecule has 0 radical (unpaired) electrons. The van der Waals surface area contributed by atoms with Crippen LogP contribution in [0.5, 0.6) is 11.5 Å². The fourth-order valence-corrected chi connectivity index (χ4v) is 5.78. The molecule has 1 atom stereocenters. The van der Waals surface area contributed by atoms with E-state index in [9.17, 15) is 14.4 Å². The normalized spacial score (nSPS) is 17.2. The van der Waals surface area contributed by atoms with Crippen molar-refractivity contribution in [1.82, 2.24) is 9.47 Å². The summed E-state index contributed by atoms with van der Waals surface area (Å²) < 4.78 is 23.6. The predicted octanol–water partition coefficient (Wildman–Crippen LogP) is 1.65. The van der Waals surface area contributed by atoms with E-state index in [1.165, 1.54) is 30.1 Å². The van der Waals surface area contributed by atoms with Crippen LogP contribution >= 0.6 is 11.3 Å². The van der Waals surface area contributed by atoms with E-state index in [0.717, 1.165) is 5.56 Å². The highest BCUT2D eigenvalue weighted by molar-refractivity contribution is 7.07. The minimum atomic E-state index is -0.665. The highest BCUT2D eigenvalue weighted by Crippen LogP contribution is 2.31. The number of benzene rings is 2. The van der Waals surface area contributed by atoms with E-state index in [1.807, 2.05) is 30.3 Å². The quantitative estimate of drug-likeness (QED) is 0.402. The van der Waals surface area contributed by atoms with Gasteiger partial charge in [0.25, 0.3) is 11.5 Å². The number of nitrogens with zero attached hydrogens (tertiary/aromatic N) is 3. The maximum absolute atomic E-state index is 13.7. The van der Waals surface area contributed by atoms with Gasteiger partial charge in [0.1, 0.15) is 0 Å². The number of rotatable bonds is 7. The molecule has 1 saturated heterocycles. The fourth-order valence-electron chi connectivity index (χ4n) is 4.73. The number of methoxy groups -OCH3 is 2. The zero-order valence-electron chi connectivity index (χ0n) is 22.4. The largest absolute Gasteiger partial charge is 0.493 e. The molecule has 11 heteroatoms. The number of fused-ring (bicyclic) bond motifs is 1. The van der Waals surface area contributed by atoms with E-state index in [1.54, 1.807) is 36.1 Å². The van der Waals surface area contributed by atoms with Crippen molar-refractivity contribution < 1.29 is 28.5 Å². The second-order valence-corrected chi connectivity index (χ2v) is 10.2. The lowest BCUT2D eigenvalue weighted by molar-refractivity contribution is -0.137. The summed E-state index contributed by atoms with van der Waals surface area (Å²) in [5.74, 6) is 0.203. The molecule has 40 heavy (non-hydrogen) atoms. The van der Waals surface area contributed by atoms with Gasteiger partial charge in [-0.15, -0.1) is 0 Å². The van der Waals surface area contributed by atoms with Crippen LogP contribution in [0.25, 0.3) is 6.08 Å². The fraction of sp³-hybridized carbons (Fsp3) is 0.310. The third kappa shape index (κ3) is 5.43. The van der Waals surface area contributed by atoms with Gasteiger partial charge >= 0.3 is 5.97 Å². The molecule has 0 spiro atoms. The van der Waals surface area contributed by atoms with Crippen molar-refractivity contribution in [3.05, 3.63) is 90.6 Å². The molecular formula is C29H29N3O7S. The van der Waals surface area contributed by atoms with E-state index in [4.69, 9.17) is 18.9 Å². The van der Waals surface area contributed by atoms with Gasteiger partial charge in [-0.25, -0.2) is 9.79 Å². The predicted molar refractivity (Wildman–Crippen MR) is 148 cm³/mol. The van der Waals surface area contributed by atoms with Crippen LogP contribution in [0.3, 0.4) is 0 Å². The maximum atomic E-state index is 13.7. The Morgan fingerprint density at radius 2 is 1.85 bits per heavy atom. The van der Waals surface area contributed by atoms with Crippen LogP contribution in [0.1, 0.15) is 24.1 Å². The molecule has 1 amide bonds. The number of thiazole rings is 1. The second kappa shape index (κ2) is 11.9. The lowest BCUT2D eigenvalue weighted by Crippen LogP contribution is -2.43. The number of allylic oxidation sites excluding steroid dienone is 1. The third-order valence-corrected chi connectivity index (χ3v) is 7.73. The van der Waals surface area contributed by atoms with Gasteiger partial charge < -0.3 is 23.8 Å².